The van der Waals surface area contributed by atoms with Crippen LogP contribution in [0.1, 0.15) is 39.7 Å². The Morgan fingerprint density at radius 1 is 1.11 bits per heavy atom. The average molecular weight is 246 g/mol. The van der Waals surface area contributed by atoms with Crippen molar-refractivity contribution in [2.45, 2.75) is 39.7 Å². The molecule has 0 spiro atoms. The minimum Gasteiger partial charge on any atom is -0.294 e. The van der Waals surface area contributed by atoms with Gasteiger partial charge in [0.2, 0.25) is 0 Å². The van der Waals surface area contributed by atoms with E-state index < -0.39 is 0 Å². The van der Waals surface area contributed by atoms with Crippen LogP contribution in [-0.2, 0) is 0 Å². The van der Waals surface area contributed by atoms with Gasteiger partial charge >= 0.3 is 0 Å². The van der Waals surface area contributed by atoms with Gasteiger partial charge in [0.25, 0.3) is 5.56 Å². The molecular formula is C13H18N4O. The zero-order chi connectivity index (χ0) is 13.1. The van der Waals surface area contributed by atoms with E-state index in [4.69, 9.17) is 0 Å². The smallest absolute Gasteiger partial charge is 0.281 e. The summed E-state index contributed by atoms with van der Waals surface area (Å²) in [5, 5.41) is 0. The molecule has 0 fully saturated rings. The molecule has 0 saturated carbocycles. The van der Waals surface area contributed by atoms with Crippen LogP contribution >= 0.6 is 0 Å². The second-order valence-corrected chi connectivity index (χ2v) is 5.01. The molecule has 1 atom stereocenters. The Kier molecular flexibility index (Phi) is 3.69. The second-order valence-electron chi connectivity index (χ2n) is 5.01. The van der Waals surface area contributed by atoms with Crippen LogP contribution < -0.4 is 5.56 Å². The molecule has 0 aliphatic rings. The van der Waals surface area contributed by atoms with Gasteiger partial charge in [-0.15, -0.1) is 0 Å². The lowest BCUT2D eigenvalue weighted by Crippen LogP contribution is -2.25. The molecule has 0 aromatic carbocycles. The van der Waals surface area contributed by atoms with Gasteiger partial charge in [-0.05, 0) is 25.7 Å². The van der Waals surface area contributed by atoms with Gasteiger partial charge in [0.1, 0.15) is 6.33 Å². The normalized spacial score (nSPS) is 13.1. The van der Waals surface area contributed by atoms with E-state index in [-0.39, 0.29) is 11.6 Å². The highest BCUT2D eigenvalue weighted by molar-refractivity contribution is 5.66. The number of hydrogen-bond acceptors (Lipinski definition) is 4. The van der Waals surface area contributed by atoms with Crippen molar-refractivity contribution in [3.05, 3.63) is 29.1 Å². The Morgan fingerprint density at radius 3 is 2.56 bits per heavy atom. The maximum atomic E-state index is 12.2. The summed E-state index contributed by atoms with van der Waals surface area (Å²) in [6, 6.07) is 0.138. The Labute approximate surface area is 106 Å². The predicted molar refractivity (Wildman–Crippen MR) is 70.4 cm³/mol. The van der Waals surface area contributed by atoms with Crippen molar-refractivity contribution >= 4 is 11.2 Å². The summed E-state index contributed by atoms with van der Waals surface area (Å²) in [7, 11) is 0. The molecule has 2 heterocycles. The second kappa shape index (κ2) is 5.25. The molecule has 0 amide bonds. The Balaban J connectivity index is 2.34. The summed E-state index contributed by atoms with van der Waals surface area (Å²) in [6.45, 7) is 6.40. The van der Waals surface area contributed by atoms with Crippen molar-refractivity contribution < 1.29 is 0 Å². The van der Waals surface area contributed by atoms with Crippen molar-refractivity contribution in [1.82, 2.24) is 19.5 Å². The van der Waals surface area contributed by atoms with Gasteiger partial charge in [-0.2, -0.15) is 0 Å². The van der Waals surface area contributed by atoms with Crippen molar-refractivity contribution in [3.63, 3.8) is 0 Å². The van der Waals surface area contributed by atoms with Gasteiger partial charge < -0.3 is 0 Å². The highest BCUT2D eigenvalue weighted by Gasteiger charge is 2.11. The van der Waals surface area contributed by atoms with E-state index in [0.29, 0.717) is 17.1 Å². The van der Waals surface area contributed by atoms with Crippen LogP contribution in [0.5, 0.6) is 0 Å². The van der Waals surface area contributed by atoms with Crippen molar-refractivity contribution in [2.75, 3.05) is 0 Å². The van der Waals surface area contributed by atoms with Crippen molar-refractivity contribution in [1.29, 1.82) is 0 Å². The van der Waals surface area contributed by atoms with E-state index in [1.54, 1.807) is 17.1 Å². The van der Waals surface area contributed by atoms with Gasteiger partial charge in [-0.25, -0.2) is 15.0 Å². The molecule has 0 aliphatic heterocycles. The molecule has 5 nitrogen and oxygen atoms in total. The number of hydrogen-bond donors (Lipinski definition) is 0. The molecule has 0 N–H and O–H groups in total. The van der Waals surface area contributed by atoms with E-state index in [1.165, 1.54) is 6.20 Å². The van der Waals surface area contributed by atoms with Crippen molar-refractivity contribution in [2.24, 2.45) is 5.92 Å². The lowest BCUT2D eigenvalue weighted by Gasteiger charge is -2.15. The third-order valence-electron chi connectivity index (χ3n) is 3.06. The summed E-state index contributed by atoms with van der Waals surface area (Å²) >= 11 is 0. The Bertz CT molecular complexity index is 591. The van der Waals surface area contributed by atoms with Gasteiger partial charge in [0.15, 0.2) is 11.2 Å². The molecule has 0 bridgehead atoms. The predicted octanol–water partition coefficient (Wildman–Crippen LogP) is 2.18. The molecule has 2 aromatic heterocycles. The number of fused-ring (bicyclic) bond motifs is 1. The van der Waals surface area contributed by atoms with Crippen LogP contribution in [0, 0.1) is 5.92 Å². The lowest BCUT2D eigenvalue weighted by atomic mass is 10.0. The molecule has 5 heteroatoms. The van der Waals surface area contributed by atoms with E-state index >= 15 is 0 Å². The van der Waals surface area contributed by atoms with Crippen molar-refractivity contribution in [3.8, 4) is 0 Å². The van der Waals surface area contributed by atoms with E-state index in [2.05, 4.69) is 28.8 Å². The summed E-state index contributed by atoms with van der Waals surface area (Å²) in [6.07, 6.45) is 6.69. The quantitative estimate of drug-likeness (QED) is 0.829. The van der Waals surface area contributed by atoms with Crippen LogP contribution in [0.4, 0.5) is 0 Å². The van der Waals surface area contributed by atoms with Crippen LogP contribution in [0.3, 0.4) is 0 Å². The zero-order valence-corrected chi connectivity index (χ0v) is 11.0. The summed E-state index contributed by atoms with van der Waals surface area (Å²) in [5.41, 5.74) is 0.649. The number of aromatic nitrogens is 4. The average Bonchev–Trinajstić information content (AvgIpc) is 2.37. The van der Waals surface area contributed by atoms with Crippen LogP contribution in [0.2, 0.25) is 0 Å². The van der Waals surface area contributed by atoms with Crippen LogP contribution in [-0.4, -0.2) is 19.5 Å². The fourth-order valence-corrected chi connectivity index (χ4v) is 1.90. The molecule has 2 aromatic rings. The number of rotatable bonds is 4. The standard InChI is InChI=1S/C13H18N4O/c1-9(2)4-5-10(3)17-8-16-12-11(13(17)18)14-6-7-15-12/h6-10H,4-5H2,1-3H3. The molecule has 0 radical (unpaired) electrons. The highest BCUT2D eigenvalue weighted by Crippen LogP contribution is 2.15. The first-order valence-electron chi connectivity index (χ1n) is 6.27. The summed E-state index contributed by atoms with van der Waals surface area (Å²) < 4.78 is 1.65. The minimum absolute atomic E-state index is 0.107. The number of nitrogens with zero attached hydrogens (tertiary/aromatic N) is 4. The van der Waals surface area contributed by atoms with Gasteiger partial charge in [-0.1, -0.05) is 13.8 Å². The van der Waals surface area contributed by atoms with Gasteiger partial charge in [0.05, 0.1) is 0 Å². The molecule has 1 unspecified atom stereocenters. The zero-order valence-electron chi connectivity index (χ0n) is 11.0. The molecular weight excluding hydrogens is 228 g/mol. The largest absolute Gasteiger partial charge is 0.294 e. The maximum Gasteiger partial charge on any atom is 0.281 e. The molecule has 2 rings (SSSR count). The highest BCUT2D eigenvalue weighted by atomic mass is 16.1. The Hall–Kier alpha value is -1.78. The SMILES string of the molecule is CC(C)CCC(C)n1cnc2nccnc2c1=O. The summed E-state index contributed by atoms with van der Waals surface area (Å²) in [5.74, 6) is 0.636. The van der Waals surface area contributed by atoms with Gasteiger partial charge in [0, 0.05) is 18.4 Å². The first-order chi connectivity index (χ1) is 8.59. The summed E-state index contributed by atoms with van der Waals surface area (Å²) in [4.78, 5) is 24.5. The molecule has 18 heavy (non-hydrogen) atoms. The minimum atomic E-state index is -0.107. The van der Waals surface area contributed by atoms with Gasteiger partial charge in [-0.3, -0.25) is 9.36 Å². The fourth-order valence-electron chi connectivity index (χ4n) is 1.90. The van der Waals surface area contributed by atoms with Crippen LogP contribution in [0.15, 0.2) is 23.5 Å². The Morgan fingerprint density at radius 2 is 1.83 bits per heavy atom. The first kappa shape index (κ1) is 12.7. The molecule has 96 valence electrons. The molecule has 0 aliphatic carbocycles. The maximum absolute atomic E-state index is 12.2. The van der Waals surface area contributed by atoms with E-state index in [9.17, 15) is 4.79 Å². The van der Waals surface area contributed by atoms with E-state index in [1.807, 2.05) is 6.92 Å². The third-order valence-corrected chi connectivity index (χ3v) is 3.06. The molecule has 0 saturated heterocycles. The fraction of sp³-hybridized carbons (Fsp3) is 0.538. The lowest BCUT2D eigenvalue weighted by molar-refractivity contribution is 0.429. The van der Waals surface area contributed by atoms with Crippen LogP contribution in [0.25, 0.3) is 11.2 Å². The first-order valence-corrected chi connectivity index (χ1v) is 6.27. The monoisotopic (exact) mass is 246 g/mol. The van der Waals surface area contributed by atoms with E-state index in [0.717, 1.165) is 12.8 Å². The topological polar surface area (TPSA) is 60.7 Å². The third kappa shape index (κ3) is 2.55.